The molecule has 0 unspecified atom stereocenters. The average molecular weight is 153 g/mol. The standard InChI is InChI=1S/C8H15N3/c1-3-9-4-5-11-6-8(2)10-7-11/h6-7,9H,3-5H2,1-2H3. The fourth-order valence-corrected chi connectivity index (χ4v) is 0.979. The second-order valence-corrected chi connectivity index (χ2v) is 2.61. The van der Waals surface area contributed by atoms with Crippen molar-refractivity contribution in [1.82, 2.24) is 14.9 Å². The highest BCUT2D eigenvalue weighted by Crippen LogP contribution is 1.91. The van der Waals surface area contributed by atoms with E-state index in [-0.39, 0.29) is 0 Å². The predicted octanol–water partition coefficient (Wildman–Crippen LogP) is 0.801. The molecule has 1 heterocycles. The summed E-state index contributed by atoms with van der Waals surface area (Å²) in [6, 6.07) is 0. The van der Waals surface area contributed by atoms with E-state index in [1.165, 1.54) is 0 Å². The van der Waals surface area contributed by atoms with Crippen LogP contribution in [0.5, 0.6) is 0 Å². The first kappa shape index (κ1) is 8.27. The Morgan fingerprint density at radius 2 is 2.45 bits per heavy atom. The SMILES string of the molecule is CCNCCn1cnc(C)c1. The number of likely N-dealkylation sites (N-methyl/N-ethyl adjacent to an activating group) is 1. The zero-order valence-corrected chi connectivity index (χ0v) is 7.17. The van der Waals surface area contributed by atoms with Crippen LogP contribution in [0.25, 0.3) is 0 Å². The van der Waals surface area contributed by atoms with E-state index in [9.17, 15) is 0 Å². The van der Waals surface area contributed by atoms with Crippen molar-refractivity contribution < 1.29 is 0 Å². The lowest BCUT2D eigenvalue weighted by Gasteiger charge is -2.01. The third kappa shape index (κ3) is 2.72. The number of nitrogens with one attached hydrogen (secondary N) is 1. The van der Waals surface area contributed by atoms with E-state index in [2.05, 4.69) is 28.0 Å². The van der Waals surface area contributed by atoms with E-state index in [0.717, 1.165) is 25.3 Å². The van der Waals surface area contributed by atoms with E-state index >= 15 is 0 Å². The maximum atomic E-state index is 4.13. The first-order valence-corrected chi connectivity index (χ1v) is 4.02. The summed E-state index contributed by atoms with van der Waals surface area (Å²) in [4.78, 5) is 4.13. The van der Waals surface area contributed by atoms with Crippen LogP contribution < -0.4 is 5.32 Å². The van der Waals surface area contributed by atoms with Crippen molar-refractivity contribution in [2.24, 2.45) is 0 Å². The average Bonchev–Trinajstić information content (AvgIpc) is 2.37. The molecular weight excluding hydrogens is 138 g/mol. The summed E-state index contributed by atoms with van der Waals surface area (Å²) >= 11 is 0. The Bertz CT molecular complexity index is 205. The third-order valence-electron chi connectivity index (χ3n) is 1.56. The minimum Gasteiger partial charge on any atom is -0.336 e. The molecule has 3 nitrogen and oxygen atoms in total. The number of aromatic nitrogens is 2. The molecule has 0 aliphatic rings. The largest absolute Gasteiger partial charge is 0.336 e. The highest BCUT2D eigenvalue weighted by Gasteiger charge is 1.90. The van der Waals surface area contributed by atoms with E-state index in [1.54, 1.807) is 0 Å². The van der Waals surface area contributed by atoms with Gasteiger partial charge in [0.2, 0.25) is 0 Å². The number of nitrogens with zero attached hydrogens (tertiary/aromatic N) is 2. The lowest BCUT2D eigenvalue weighted by Crippen LogP contribution is -2.18. The Labute approximate surface area is 67.4 Å². The second-order valence-electron chi connectivity index (χ2n) is 2.61. The molecule has 0 saturated heterocycles. The molecule has 1 N–H and O–H groups in total. The molecule has 1 aromatic rings. The van der Waals surface area contributed by atoms with Gasteiger partial charge in [0.1, 0.15) is 0 Å². The van der Waals surface area contributed by atoms with Crippen molar-refractivity contribution in [1.29, 1.82) is 0 Å². The summed E-state index contributed by atoms with van der Waals surface area (Å²) < 4.78 is 2.10. The number of hydrogen-bond donors (Lipinski definition) is 1. The van der Waals surface area contributed by atoms with Gasteiger partial charge in [-0.1, -0.05) is 6.92 Å². The monoisotopic (exact) mass is 153 g/mol. The summed E-state index contributed by atoms with van der Waals surface area (Å²) in [6.45, 7) is 7.18. The topological polar surface area (TPSA) is 29.9 Å². The van der Waals surface area contributed by atoms with Gasteiger partial charge in [0.05, 0.1) is 12.0 Å². The Balaban J connectivity index is 2.27. The van der Waals surface area contributed by atoms with Gasteiger partial charge in [0, 0.05) is 19.3 Å². The molecule has 11 heavy (non-hydrogen) atoms. The number of imidazole rings is 1. The van der Waals surface area contributed by atoms with Gasteiger partial charge in [0.25, 0.3) is 0 Å². The van der Waals surface area contributed by atoms with Crippen molar-refractivity contribution in [3.63, 3.8) is 0 Å². The molecule has 0 saturated carbocycles. The van der Waals surface area contributed by atoms with E-state index in [4.69, 9.17) is 0 Å². The first-order valence-electron chi connectivity index (χ1n) is 4.02. The van der Waals surface area contributed by atoms with E-state index < -0.39 is 0 Å². The molecule has 0 radical (unpaired) electrons. The van der Waals surface area contributed by atoms with Crippen LogP contribution >= 0.6 is 0 Å². The highest BCUT2D eigenvalue weighted by molar-refractivity contribution is 4.91. The van der Waals surface area contributed by atoms with Crippen LogP contribution in [0.2, 0.25) is 0 Å². The molecule has 0 aromatic carbocycles. The second kappa shape index (κ2) is 4.13. The molecule has 62 valence electrons. The summed E-state index contributed by atoms with van der Waals surface area (Å²) in [5, 5.41) is 3.26. The van der Waals surface area contributed by atoms with E-state index in [1.807, 2.05) is 13.3 Å². The molecular formula is C8H15N3. The predicted molar refractivity (Wildman–Crippen MR) is 45.5 cm³/mol. The molecule has 0 aliphatic carbocycles. The summed E-state index contributed by atoms with van der Waals surface area (Å²) in [5.41, 5.74) is 1.08. The summed E-state index contributed by atoms with van der Waals surface area (Å²) in [6.07, 6.45) is 3.92. The zero-order valence-electron chi connectivity index (χ0n) is 7.17. The molecule has 0 spiro atoms. The normalized spacial score (nSPS) is 10.4. The molecule has 3 heteroatoms. The van der Waals surface area contributed by atoms with Gasteiger partial charge in [-0.2, -0.15) is 0 Å². The number of rotatable bonds is 4. The maximum Gasteiger partial charge on any atom is 0.0949 e. The molecule has 0 aliphatic heterocycles. The van der Waals surface area contributed by atoms with Crippen LogP contribution in [0.15, 0.2) is 12.5 Å². The molecule has 1 rings (SSSR count). The maximum absolute atomic E-state index is 4.13. The van der Waals surface area contributed by atoms with Crippen LogP contribution in [0, 0.1) is 6.92 Å². The van der Waals surface area contributed by atoms with E-state index in [0.29, 0.717) is 0 Å². The Morgan fingerprint density at radius 3 is 3.00 bits per heavy atom. The van der Waals surface area contributed by atoms with Gasteiger partial charge in [-0.3, -0.25) is 0 Å². The molecule has 0 atom stereocenters. The van der Waals surface area contributed by atoms with Crippen molar-refractivity contribution in [3.05, 3.63) is 18.2 Å². The zero-order chi connectivity index (χ0) is 8.10. The molecule has 0 fully saturated rings. The van der Waals surface area contributed by atoms with Gasteiger partial charge < -0.3 is 9.88 Å². The molecule has 0 amide bonds. The lowest BCUT2D eigenvalue weighted by molar-refractivity contribution is 0.613. The minimum atomic E-state index is 1.01. The third-order valence-corrected chi connectivity index (χ3v) is 1.56. The van der Waals surface area contributed by atoms with Gasteiger partial charge >= 0.3 is 0 Å². The summed E-state index contributed by atoms with van der Waals surface area (Å²) in [7, 11) is 0. The minimum absolute atomic E-state index is 1.01. The van der Waals surface area contributed by atoms with Gasteiger partial charge in [-0.25, -0.2) is 4.98 Å². The van der Waals surface area contributed by atoms with Crippen LogP contribution in [-0.2, 0) is 6.54 Å². The lowest BCUT2D eigenvalue weighted by atomic mass is 10.5. The number of hydrogen-bond acceptors (Lipinski definition) is 2. The quantitative estimate of drug-likeness (QED) is 0.648. The fraction of sp³-hybridized carbons (Fsp3) is 0.625. The summed E-state index contributed by atoms with van der Waals surface area (Å²) in [5.74, 6) is 0. The van der Waals surface area contributed by atoms with Crippen molar-refractivity contribution in [3.8, 4) is 0 Å². The smallest absolute Gasteiger partial charge is 0.0949 e. The van der Waals surface area contributed by atoms with Crippen LogP contribution in [0.4, 0.5) is 0 Å². The molecule has 1 aromatic heterocycles. The van der Waals surface area contributed by atoms with Gasteiger partial charge in [-0.05, 0) is 13.5 Å². The Morgan fingerprint density at radius 1 is 1.64 bits per heavy atom. The molecule has 0 bridgehead atoms. The van der Waals surface area contributed by atoms with Crippen LogP contribution in [0.3, 0.4) is 0 Å². The van der Waals surface area contributed by atoms with Gasteiger partial charge in [-0.15, -0.1) is 0 Å². The highest BCUT2D eigenvalue weighted by atomic mass is 15.0. The van der Waals surface area contributed by atoms with Crippen molar-refractivity contribution in [2.75, 3.05) is 13.1 Å². The number of aryl methyl sites for hydroxylation is 1. The van der Waals surface area contributed by atoms with Crippen LogP contribution in [0.1, 0.15) is 12.6 Å². The van der Waals surface area contributed by atoms with Crippen LogP contribution in [-0.4, -0.2) is 22.6 Å². The van der Waals surface area contributed by atoms with Crippen molar-refractivity contribution >= 4 is 0 Å². The fourth-order valence-electron chi connectivity index (χ4n) is 0.979. The van der Waals surface area contributed by atoms with Gasteiger partial charge in [0.15, 0.2) is 0 Å². The van der Waals surface area contributed by atoms with Crippen molar-refractivity contribution in [2.45, 2.75) is 20.4 Å². The Kier molecular flexibility index (Phi) is 3.11. The Hall–Kier alpha value is -0.830. The first-order chi connectivity index (χ1) is 5.33.